The average Bonchev–Trinajstić information content (AvgIpc) is 2.96. The summed E-state index contributed by atoms with van der Waals surface area (Å²) in [6.07, 6.45) is 0. The van der Waals surface area contributed by atoms with Crippen molar-refractivity contribution in [3.8, 4) is 0 Å². The molecule has 0 saturated heterocycles. The summed E-state index contributed by atoms with van der Waals surface area (Å²) in [5.41, 5.74) is 10.0. The summed E-state index contributed by atoms with van der Waals surface area (Å²) in [5, 5.41) is 0. The summed E-state index contributed by atoms with van der Waals surface area (Å²) in [4.78, 5) is 3.65. The van der Waals surface area contributed by atoms with Crippen LogP contribution in [0.2, 0.25) is 0 Å². The van der Waals surface area contributed by atoms with E-state index in [9.17, 15) is 0 Å². The van der Waals surface area contributed by atoms with Gasteiger partial charge in [0.1, 0.15) is 0 Å². The van der Waals surface area contributed by atoms with Crippen molar-refractivity contribution in [3.05, 3.63) is 57.0 Å². The first kappa shape index (κ1) is 13.6. The zero-order chi connectivity index (χ0) is 14.4. The molecule has 0 amide bonds. The monoisotopic (exact) mass is 283 g/mol. The number of hydrogen-bond acceptors (Lipinski definition) is 2. The van der Waals surface area contributed by atoms with E-state index in [-0.39, 0.29) is 0 Å². The Morgan fingerprint density at radius 3 is 2.15 bits per heavy atom. The van der Waals surface area contributed by atoms with Crippen molar-refractivity contribution in [3.63, 3.8) is 0 Å². The van der Waals surface area contributed by atoms with Gasteiger partial charge in [0.2, 0.25) is 0 Å². The molecule has 1 nitrogen and oxygen atoms in total. The lowest BCUT2D eigenvalue weighted by Gasteiger charge is -2.13. The highest BCUT2D eigenvalue weighted by atomic mass is 32.2. The van der Waals surface area contributed by atoms with E-state index in [2.05, 4.69) is 64.0 Å². The van der Waals surface area contributed by atoms with Crippen molar-refractivity contribution in [2.75, 3.05) is 24.7 Å². The van der Waals surface area contributed by atoms with E-state index in [0.29, 0.717) is 0 Å². The maximum atomic E-state index is 2.27. The molecule has 1 aromatic carbocycles. The van der Waals surface area contributed by atoms with Gasteiger partial charge in [-0.3, -0.25) is 0 Å². The Labute approximate surface area is 126 Å². The molecular formula is C18H21NS. The minimum absolute atomic E-state index is 1.11. The molecule has 1 aromatic rings. The lowest BCUT2D eigenvalue weighted by Crippen LogP contribution is -2.08. The number of fused-ring (bicyclic) bond motifs is 1. The molecule has 20 heavy (non-hydrogen) atoms. The SMILES string of the molecule is CC1=C(C)C2=C(c3ccc(N(C)C)cc3)CSC2=C1C. The summed E-state index contributed by atoms with van der Waals surface area (Å²) < 4.78 is 0. The Morgan fingerprint density at radius 2 is 1.55 bits per heavy atom. The predicted octanol–water partition coefficient (Wildman–Crippen LogP) is 4.88. The maximum Gasteiger partial charge on any atom is 0.0361 e. The Hall–Kier alpha value is -1.41. The first-order valence-electron chi connectivity index (χ1n) is 7.04. The van der Waals surface area contributed by atoms with Crippen LogP contribution in [-0.2, 0) is 0 Å². The van der Waals surface area contributed by atoms with E-state index in [0.717, 1.165) is 5.75 Å². The number of nitrogens with zero attached hydrogens (tertiary/aromatic N) is 1. The van der Waals surface area contributed by atoms with E-state index < -0.39 is 0 Å². The topological polar surface area (TPSA) is 3.24 Å². The van der Waals surface area contributed by atoms with Gasteiger partial charge < -0.3 is 4.90 Å². The van der Waals surface area contributed by atoms with E-state index in [1.807, 2.05) is 11.8 Å². The molecule has 0 atom stereocenters. The summed E-state index contributed by atoms with van der Waals surface area (Å²) in [6.45, 7) is 6.77. The highest BCUT2D eigenvalue weighted by molar-refractivity contribution is 8.04. The fourth-order valence-electron chi connectivity index (χ4n) is 2.95. The minimum atomic E-state index is 1.11. The van der Waals surface area contributed by atoms with Gasteiger partial charge in [0.15, 0.2) is 0 Å². The number of rotatable bonds is 2. The molecule has 0 radical (unpaired) electrons. The third-order valence-corrected chi connectivity index (χ3v) is 5.69. The largest absolute Gasteiger partial charge is 0.378 e. The van der Waals surface area contributed by atoms with E-state index in [1.165, 1.54) is 44.0 Å². The van der Waals surface area contributed by atoms with Crippen LogP contribution in [0.1, 0.15) is 26.3 Å². The van der Waals surface area contributed by atoms with Gasteiger partial charge in [0, 0.05) is 30.4 Å². The van der Waals surface area contributed by atoms with Gasteiger partial charge in [-0.25, -0.2) is 0 Å². The predicted molar refractivity (Wildman–Crippen MR) is 91.2 cm³/mol. The molecule has 1 heterocycles. The van der Waals surface area contributed by atoms with Gasteiger partial charge in [0.05, 0.1) is 0 Å². The summed E-state index contributed by atoms with van der Waals surface area (Å²) in [5.74, 6) is 1.11. The maximum absolute atomic E-state index is 2.27. The smallest absolute Gasteiger partial charge is 0.0361 e. The first-order chi connectivity index (χ1) is 9.50. The summed E-state index contributed by atoms with van der Waals surface area (Å²) in [6, 6.07) is 8.95. The standard InChI is InChI=1S/C18H21NS/c1-11-12(2)17-16(10-20-18(17)13(11)3)14-6-8-15(9-7-14)19(4)5/h6-9H,10H2,1-5H3. The fraction of sp³-hybridized carbons (Fsp3) is 0.333. The number of thioether (sulfide) groups is 1. The molecule has 104 valence electrons. The Kier molecular flexibility index (Phi) is 3.29. The number of hydrogen-bond donors (Lipinski definition) is 0. The van der Waals surface area contributed by atoms with Crippen LogP contribution in [0.4, 0.5) is 5.69 Å². The number of allylic oxidation sites excluding steroid dienone is 4. The molecular weight excluding hydrogens is 262 g/mol. The van der Waals surface area contributed by atoms with Crippen molar-refractivity contribution in [1.82, 2.24) is 0 Å². The van der Waals surface area contributed by atoms with E-state index in [4.69, 9.17) is 0 Å². The van der Waals surface area contributed by atoms with Crippen molar-refractivity contribution in [1.29, 1.82) is 0 Å². The van der Waals surface area contributed by atoms with Crippen molar-refractivity contribution < 1.29 is 0 Å². The second-order valence-corrected chi connectivity index (χ2v) is 6.77. The molecule has 1 aliphatic carbocycles. The Morgan fingerprint density at radius 1 is 0.900 bits per heavy atom. The highest BCUT2D eigenvalue weighted by Gasteiger charge is 2.30. The third kappa shape index (κ3) is 1.94. The van der Waals surface area contributed by atoms with Gasteiger partial charge in [-0.2, -0.15) is 0 Å². The summed E-state index contributed by atoms with van der Waals surface area (Å²) in [7, 11) is 4.17. The van der Waals surface area contributed by atoms with Gasteiger partial charge in [0.25, 0.3) is 0 Å². The molecule has 1 aliphatic heterocycles. The van der Waals surface area contributed by atoms with Gasteiger partial charge in [-0.1, -0.05) is 12.1 Å². The molecule has 2 heteroatoms. The number of benzene rings is 1. The van der Waals surface area contributed by atoms with Crippen LogP contribution in [0.15, 0.2) is 51.5 Å². The molecule has 0 bridgehead atoms. The molecule has 2 aliphatic rings. The van der Waals surface area contributed by atoms with Crippen molar-refractivity contribution >= 4 is 23.0 Å². The highest BCUT2D eigenvalue weighted by Crippen LogP contribution is 2.51. The van der Waals surface area contributed by atoms with Crippen LogP contribution in [0.25, 0.3) is 5.57 Å². The lowest BCUT2D eigenvalue weighted by atomic mass is 9.97. The molecule has 0 unspecified atom stereocenters. The Balaban J connectivity index is 2.08. The zero-order valence-corrected chi connectivity index (χ0v) is 13.7. The first-order valence-corrected chi connectivity index (χ1v) is 8.02. The van der Waals surface area contributed by atoms with Gasteiger partial charge in [-0.15, -0.1) is 11.8 Å². The third-order valence-electron chi connectivity index (χ3n) is 4.46. The van der Waals surface area contributed by atoms with Crippen LogP contribution in [0, 0.1) is 0 Å². The second-order valence-electron chi connectivity index (χ2n) is 5.79. The van der Waals surface area contributed by atoms with Crippen LogP contribution < -0.4 is 4.90 Å². The van der Waals surface area contributed by atoms with Crippen LogP contribution >= 0.6 is 11.8 Å². The van der Waals surface area contributed by atoms with Crippen LogP contribution in [0.3, 0.4) is 0 Å². The molecule has 0 N–H and O–H groups in total. The van der Waals surface area contributed by atoms with Crippen LogP contribution in [-0.4, -0.2) is 19.8 Å². The van der Waals surface area contributed by atoms with Crippen LogP contribution in [0.5, 0.6) is 0 Å². The molecule has 0 fully saturated rings. The summed E-state index contributed by atoms with van der Waals surface area (Å²) >= 11 is 2.00. The van der Waals surface area contributed by atoms with E-state index in [1.54, 1.807) is 0 Å². The quantitative estimate of drug-likeness (QED) is 0.761. The van der Waals surface area contributed by atoms with Gasteiger partial charge in [-0.05, 0) is 66.3 Å². The molecule has 0 spiro atoms. The molecule has 0 saturated carbocycles. The average molecular weight is 283 g/mol. The zero-order valence-electron chi connectivity index (χ0n) is 12.9. The minimum Gasteiger partial charge on any atom is -0.378 e. The van der Waals surface area contributed by atoms with Crippen molar-refractivity contribution in [2.24, 2.45) is 0 Å². The second kappa shape index (κ2) is 4.85. The lowest BCUT2D eigenvalue weighted by molar-refractivity contribution is 1.13. The van der Waals surface area contributed by atoms with Crippen molar-refractivity contribution in [2.45, 2.75) is 20.8 Å². The van der Waals surface area contributed by atoms with E-state index >= 15 is 0 Å². The fourth-order valence-corrected chi connectivity index (χ4v) is 4.34. The number of anilines is 1. The van der Waals surface area contributed by atoms with Gasteiger partial charge >= 0.3 is 0 Å². The Bertz CT molecular complexity index is 657. The molecule has 3 rings (SSSR count). The normalized spacial score (nSPS) is 18.2. The molecule has 0 aromatic heterocycles.